The van der Waals surface area contributed by atoms with Crippen LogP contribution in [0.2, 0.25) is 0 Å². The zero-order valence-corrected chi connectivity index (χ0v) is 11.1. The molecule has 2 fully saturated rings. The second kappa shape index (κ2) is 4.24. The van der Waals surface area contributed by atoms with E-state index in [0.717, 1.165) is 30.2 Å². The van der Waals surface area contributed by atoms with Crippen LogP contribution in [0.15, 0.2) is 24.4 Å². The second-order valence-electron chi connectivity index (χ2n) is 5.70. The van der Waals surface area contributed by atoms with Gasteiger partial charge in [0.2, 0.25) is 0 Å². The fourth-order valence-electron chi connectivity index (χ4n) is 3.36. The topological polar surface area (TPSA) is 80.1 Å². The Morgan fingerprint density at radius 2 is 2.30 bits per heavy atom. The van der Waals surface area contributed by atoms with Crippen molar-refractivity contribution < 1.29 is 9.53 Å². The summed E-state index contributed by atoms with van der Waals surface area (Å²) in [7, 11) is 0. The van der Waals surface area contributed by atoms with Gasteiger partial charge >= 0.3 is 0 Å². The number of ether oxygens (including phenoxy) is 1. The van der Waals surface area contributed by atoms with Gasteiger partial charge in [0.15, 0.2) is 0 Å². The number of hydrogen-bond donors (Lipinski definition) is 3. The van der Waals surface area contributed by atoms with E-state index >= 15 is 0 Å². The maximum atomic E-state index is 12.4. The highest BCUT2D eigenvalue weighted by Crippen LogP contribution is 2.34. The van der Waals surface area contributed by atoms with Gasteiger partial charge in [-0.2, -0.15) is 0 Å². The Balaban J connectivity index is 1.59. The zero-order chi connectivity index (χ0) is 13.7. The van der Waals surface area contributed by atoms with Crippen LogP contribution in [-0.2, 0) is 4.74 Å². The molecule has 0 aliphatic carbocycles. The molecule has 3 heterocycles. The molecule has 3 atom stereocenters. The number of amides is 1. The molecule has 1 aromatic carbocycles. The summed E-state index contributed by atoms with van der Waals surface area (Å²) in [5, 5.41) is 3.97. The number of aromatic nitrogens is 1. The number of H-pyrrole nitrogens is 1. The van der Waals surface area contributed by atoms with E-state index in [9.17, 15) is 4.79 Å². The monoisotopic (exact) mass is 271 g/mol. The van der Waals surface area contributed by atoms with Crippen LogP contribution in [0.25, 0.3) is 10.9 Å². The van der Waals surface area contributed by atoms with Gasteiger partial charge in [0.05, 0.1) is 23.8 Å². The Morgan fingerprint density at radius 3 is 3.05 bits per heavy atom. The van der Waals surface area contributed by atoms with Crippen molar-refractivity contribution in [1.82, 2.24) is 10.3 Å². The van der Waals surface area contributed by atoms with Crippen molar-refractivity contribution in [1.29, 1.82) is 0 Å². The van der Waals surface area contributed by atoms with E-state index in [-0.39, 0.29) is 18.1 Å². The lowest BCUT2D eigenvalue weighted by Crippen LogP contribution is -2.41. The van der Waals surface area contributed by atoms with Crippen LogP contribution in [0.4, 0.5) is 5.69 Å². The van der Waals surface area contributed by atoms with Crippen LogP contribution < -0.4 is 11.1 Å². The maximum Gasteiger partial charge on any atom is 0.253 e. The summed E-state index contributed by atoms with van der Waals surface area (Å²) in [5.74, 6) is -0.0528. The van der Waals surface area contributed by atoms with E-state index in [1.54, 1.807) is 6.20 Å². The van der Waals surface area contributed by atoms with E-state index in [1.807, 2.05) is 18.2 Å². The van der Waals surface area contributed by atoms with E-state index < -0.39 is 0 Å². The smallest absolute Gasteiger partial charge is 0.253 e. The number of aromatic amines is 1. The highest BCUT2D eigenvalue weighted by molar-refractivity contribution is 6.07. The summed E-state index contributed by atoms with van der Waals surface area (Å²) < 4.78 is 5.77. The number of anilines is 1. The Morgan fingerprint density at radius 1 is 1.40 bits per heavy atom. The summed E-state index contributed by atoms with van der Waals surface area (Å²) >= 11 is 0. The van der Waals surface area contributed by atoms with Gasteiger partial charge in [-0.1, -0.05) is 0 Å². The predicted molar refractivity (Wildman–Crippen MR) is 76.5 cm³/mol. The summed E-state index contributed by atoms with van der Waals surface area (Å²) in [5.41, 5.74) is 8.03. The molecular formula is C15H17N3O2. The van der Waals surface area contributed by atoms with Crippen LogP contribution in [-0.4, -0.2) is 29.1 Å². The Labute approximate surface area is 116 Å². The molecule has 1 aromatic heterocycles. The number of carbonyl (C=O) groups is 1. The molecule has 1 amide bonds. The molecule has 0 spiro atoms. The molecular weight excluding hydrogens is 254 g/mol. The Bertz CT molecular complexity index is 679. The predicted octanol–water partition coefficient (Wildman–Crippen LogP) is 1.80. The minimum Gasteiger partial charge on any atom is -0.399 e. The maximum absolute atomic E-state index is 12.4. The number of nitrogens with one attached hydrogen (secondary N) is 2. The summed E-state index contributed by atoms with van der Waals surface area (Å²) in [6, 6.07) is 5.69. The van der Waals surface area contributed by atoms with Crippen molar-refractivity contribution in [3.05, 3.63) is 30.0 Å². The van der Waals surface area contributed by atoms with Crippen LogP contribution in [0.1, 0.15) is 29.6 Å². The molecule has 0 saturated carbocycles. The molecule has 3 unspecified atom stereocenters. The van der Waals surface area contributed by atoms with Crippen molar-refractivity contribution in [2.75, 3.05) is 5.73 Å². The number of nitrogen functional groups attached to an aromatic ring is 1. The van der Waals surface area contributed by atoms with Crippen molar-refractivity contribution in [3.8, 4) is 0 Å². The third-order valence-electron chi connectivity index (χ3n) is 4.37. The highest BCUT2D eigenvalue weighted by atomic mass is 16.5. The highest BCUT2D eigenvalue weighted by Gasteiger charge is 2.41. The number of fused-ring (bicyclic) bond motifs is 3. The third-order valence-corrected chi connectivity index (χ3v) is 4.37. The van der Waals surface area contributed by atoms with E-state index in [0.29, 0.717) is 17.4 Å². The van der Waals surface area contributed by atoms with E-state index in [1.165, 1.54) is 0 Å². The van der Waals surface area contributed by atoms with Gasteiger partial charge in [0.1, 0.15) is 0 Å². The summed E-state index contributed by atoms with van der Waals surface area (Å²) in [6.07, 6.45) is 5.38. The molecule has 4 rings (SSSR count). The average Bonchev–Trinajstić information content (AvgIpc) is 3.11. The lowest BCUT2D eigenvalue weighted by molar-refractivity contribution is 0.0842. The molecule has 20 heavy (non-hydrogen) atoms. The molecule has 5 nitrogen and oxygen atoms in total. The fraction of sp³-hybridized carbons (Fsp3) is 0.400. The Kier molecular flexibility index (Phi) is 2.50. The SMILES string of the molecule is Nc1ccc2[nH]cc(C(=O)NC3CC4CCC3O4)c2c1. The van der Waals surface area contributed by atoms with Gasteiger partial charge in [0, 0.05) is 22.8 Å². The quantitative estimate of drug-likeness (QED) is 0.729. The first-order valence-electron chi connectivity index (χ1n) is 7.03. The molecule has 2 bridgehead atoms. The van der Waals surface area contributed by atoms with Gasteiger partial charge in [0.25, 0.3) is 5.91 Å². The zero-order valence-electron chi connectivity index (χ0n) is 11.1. The molecule has 2 aliphatic rings. The van der Waals surface area contributed by atoms with Crippen LogP contribution in [0.5, 0.6) is 0 Å². The molecule has 0 radical (unpaired) electrons. The minimum absolute atomic E-state index is 0.0528. The van der Waals surface area contributed by atoms with E-state index in [4.69, 9.17) is 10.5 Å². The van der Waals surface area contributed by atoms with Crippen molar-refractivity contribution in [3.63, 3.8) is 0 Å². The van der Waals surface area contributed by atoms with Crippen LogP contribution in [0, 0.1) is 0 Å². The minimum atomic E-state index is -0.0528. The first-order chi connectivity index (χ1) is 9.70. The van der Waals surface area contributed by atoms with Gasteiger partial charge < -0.3 is 20.8 Å². The number of nitrogens with two attached hydrogens (primary N) is 1. The summed E-state index contributed by atoms with van der Waals surface area (Å²) in [4.78, 5) is 15.5. The lowest BCUT2D eigenvalue weighted by atomic mass is 9.95. The van der Waals surface area contributed by atoms with E-state index in [2.05, 4.69) is 10.3 Å². The normalized spacial score (nSPS) is 28.1. The molecule has 2 saturated heterocycles. The molecule has 5 heteroatoms. The van der Waals surface area contributed by atoms with Gasteiger partial charge in [-0.3, -0.25) is 4.79 Å². The van der Waals surface area contributed by atoms with Crippen LogP contribution in [0.3, 0.4) is 0 Å². The molecule has 2 aromatic rings. The number of hydrogen-bond acceptors (Lipinski definition) is 3. The molecule has 2 aliphatic heterocycles. The van der Waals surface area contributed by atoms with Crippen molar-refractivity contribution in [2.45, 2.75) is 37.5 Å². The summed E-state index contributed by atoms with van der Waals surface area (Å²) in [6.45, 7) is 0. The largest absolute Gasteiger partial charge is 0.399 e. The van der Waals surface area contributed by atoms with Crippen molar-refractivity contribution in [2.24, 2.45) is 0 Å². The standard InChI is InChI=1S/C15H17N3O2/c16-8-1-3-12-10(5-8)11(7-17-12)15(19)18-13-6-9-2-4-14(13)20-9/h1,3,5,7,9,13-14,17H,2,4,6,16H2,(H,18,19). The average molecular weight is 271 g/mol. The van der Waals surface area contributed by atoms with Gasteiger partial charge in [-0.25, -0.2) is 0 Å². The molecule has 4 N–H and O–H groups in total. The van der Waals surface area contributed by atoms with Crippen LogP contribution >= 0.6 is 0 Å². The second-order valence-corrected chi connectivity index (χ2v) is 5.70. The third kappa shape index (κ3) is 1.78. The molecule has 104 valence electrons. The number of benzene rings is 1. The fourth-order valence-corrected chi connectivity index (χ4v) is 3.36. The van der Waals surface area contributed by atoms with Gasteiger partial charge in [-0.05, 0) is 37.5 Å². The number of carbonyl (C=O) groups excluding carboxylic acids is 1. The van der Waals surface area contributed by atoms with Crippen molar-refractivity contribution >= 4 is 22.5 Å². The lowest BCUT2D eigenvalue weighted by Gasteiger charge is -2.19. The first kappa shape index (κ1) is 11.8. The van der Waals surface area contributed by atoms with Gasteiger partial charge in [-0.15, -0.1) is 0 Å². The first-order valence-corrected chi connectivity index (χ1v) is 7.03. The Hall–Kier alpha value is -2.01. The number of rotatable bonds is 2.